The Bertz CT molecular complexity index is 722. The molecular formula is C15H17N3O4. The number of pyridine rings is 2. The molecule has 0 fully saturated rings. The van der Waals surface area contributed by atoms with Gasteiger partial charge < -0.3 is 9.47 Å². The molecule has 2 aromatic rings. The first-order valence-electron chi connectivity index (χ1n) is 6.64. The van der Waals surface area contributed by atoms with Crippen LogP contribution in [0.25, 0.3) is 11.0 Å². The third-order valence-corrected chi connectivity index (χ3v) is 2.58. The molecule has 1 N–H and O–H groups in total. The van der Waals surface area contributed by atoms with Crippen LogP contribution in [0.2, 0.25) is 0 Å². The summed E-state index contributed by atoms with van der Waals surface area (Å²) in [6.45, 7) is 5.31. The van der Waals surface area contributed by atoms with Crippen molar-refractivity contribution in [3.63, 3.8) is 0 Å². The fourth-order valence-electron chi connectivity index (χ4n) is 1.69. The van der Waals surface area contributed by atoms with Crippen molar-refractivity contribution in [1.82, 2.24) is 9.97 Å². The lowest BCUT2D eigenvalue weighted by atomic mass is 10.2. The van der Waals surface area contributed by atoms with E-state index in [4.69, 9.17) is 4.74 Å². The molecule has 0 saturated carbocycles. The lowest BCUT2D eigenvalue weighted by Crippen LogP contribution is -2.27. The molecule has 0 aliphatic heterocycles. The number of nitrogens with one attached hydrogen (secondary N) is 1. The molecule has 116 valence electrons. The van der Waals surface area contributed by atoms with Gasteiger partial charge in [-0.15, -0.1) is 0 Å². The minimum absolute atomic E-state index is 0.150. The molecule has 2 aromatic heterocycles. The molecule has 0 atom stereocenters. The van der Waals surface area contributed by atoms with E-state index < -0.39 is 17.7 Å². The van der Waals surface area contributed by atoms with Crippen molar-refractivity contribution in [2.45, 2.75) is 26.4 Å². The van der Waals surface area contributed by atoms with Gasteiger partial charge in [-0.25, -0.2) is 19.6 Å². The fraction of sp³-hybridized carbons (Fsp3) is 0.333. The third kappa shape index (κ3) is 3.91. The summed E-state index contributed by atoms with van der Waals surface area (Å²) < 4.78 is 9.76. The molecule has 0 radical (unpaired) electrons. The molecule has 0 aromatic carbocycles. The first kappa shape index (κ1) is 15.7. The largest absolute Gasteiger partial charge is 0.464 e. The van der Waals surface area contributed by atoms with Crippen LogP contribution < -0.4 is 5.32 Å². The van der Waals surface area contributed by atoms with Gasteiger partial charge in [-0.3, -0.25) is 5.32 Å². The quantitative estimate of drug-likeness (QED) is 0.858. The second-order valence-corrected chi connectivity index (χ2v) is 5.56. The van der Waals surface area contributed by atoms with Crippen LogP contribution in [0.3, 0.4) is 0 Å². The van der Waals surface area contributed by atoms with Crippen molar-refractivity contribution in [2.24, 2.45) is 0 Å². The highest BCUT2D eigenvalue weighted by Gasteiger charge is 2.17. The monoisotopic (exact) mass is 303 g/mol. The van der Waals surface area contributed by atoms with Crippen molar-refractivity contribution in [1.29, 1.82) is 0 Å². The number of rotatable bonds is 2. The molecule has 22 heavy (non-hydrogen) atoms. The van der Waals surface area contributed by atoms with Gasteiger partial charge in [0.25, 0.3) is 0 Å². The number of methoxy groups -OCH3 is 1. The summed E-state index contributed by atoms with van der Waals surface area (Å²) in [5.74, 6) is -0.259. The molecule has 0 unspecified atom stereocenters. The maximum atomic E-state index is 11.7. The predicted octanol–water partition coefficient (Wildman–Crippen LogP) is 2.76. The maximum Gasteiger partial charge on any atom is 0.413 e. The Morgan fingerprint density at radius 1 is 1.09 bits per heavy atom. The molecule has 0 bridgehead atoms. The Morgan fingerprint density at radius 2 is 1.77 bits per heavy atom. The zero-order valence-electron chi connectivity index (χ0n) is 12.8. The number of anilines is 1. The van der Waals surface area contributed by atoms with Crippen molar-refractivity contribution in [3.8, 4) is 0 Å². The predicted molar refractivity (Wildman–Crippen MR) is 80.7 cm³/mol. The number of hydrogen-bond acceptors (Lipinski definition) is 6. The number of ether oxygens (including phenoxy) is 2. The molecule has 0 aliphatic carbocycles. The van der Waals surface area contributed by atoms with Gasteiger partial charge in [0.05, 0.1) is 7.11 Å². The summed E-state index contributed by atoms with van der Waals surface area (Å²) in [5, 5.41) is 3.26. The van der Waals surface area contributed by atoms with Crippen molar-refractivity contribution < 1.29 is 19.1 Å². The first-order valence-corrected chi connectivity index (χ1v) is 6.64. The van der Waals surface area contributed by atoms with Crippen LogP contribution >= 0.6 is 0 Å². The number of carbonyl (C=O) groups is 2. The Balaban J connectivity index is 2.25. The van der Waals surface area contributed by atoms with E-state index in [-0.39, 0.29) is 11.5 Å². The smallest absolute Gasteiger partial charge is 0.413 e. The molecule has 1 amide bonds. The molecule has 2 rings (SSSR count). The van der Waals surface area contributed by atoms with E-state index in [1.54, 1.807) is 45.0 Å². The van der Waals surface area contributed by atoms with E-state index >= 15 is 0 Å². The number of amides is 1. The second-order valence-electron chi connectivity index (χ2n) is 5.56. The minimum Gasteiger partial charge on any atom is -0.464 e. The molecule has 7 nitrogen and oxygen atoms in total. The van der Waals surface area contributed by atoms with Crippen LogP contribution in [-0.2, 0) is 9.47 Å². The standard InChI is InChI=1S/C15H17N3O4/c1-15(2,3)22-14(20)18-11-8-6-9-5-7-10(13(19)21-4)16-12(9)17-11/h5-8H,1-4H3,(H,16,17,18,20). The number of carbonyl (C=O) groups excluding carboxylic acids is 2. The SMILES string of the molecule is COC(=O)c1ccc2ccc(NC(=O)OC(C)(C)C)nc2n1. The Morgan fingerprint density at radius 3 is 2.41 bits per heavy atom. The van der Waals surface area contributed by atoms with Crippen LogP contribution in [0.15, 0.2) is 24.3 Å². The number of hydrogen-bond donors (Lipinski definition) is 1. The van der Waals surface area contributed by atoms with Crippen LogP contribution in [0.1, 0.15) is 31.3 Å². The van der Waals surface area contributed by atoms with Crippen molar-refractivity contribution >= 4 is 28.9 Å². The highest BCUT2D eigenvalue weighted by atomic mass is 16.6. The molecule has 0 saturated heterocycles. The van der Waals surface area contributed by atoms with E-state index in [0.29, 0.717) is 5.65 Å². The zero-order chi connectivity index (χ0) is 16.3. The average molecular weight is 303 g/mol. The number of esters is 1. The summed E-state index contributed by atoms with van der Waals surface area (Å²) in [4.78, 5) is 31.5. The van der Waals surface area contributed by atoms with E-state index in [0.717, 1.165) is 5.39 Å². The lowest BCUT2D eigenvalue weighted by molar-refractivity contribution is 0.0592. The van der Waals surface area contributed by atoms with Gasteiger partial charge in [-0.05, 0) is 45.0 Å². The molecule has 7 heteroatoms. The van der Waals surface area contributed by atoms with E-state index in [2.05, 4.69) is 20.0 Å². The molecular weight excluding hydrogens is 286 g/mol. The second kappa shape index (κ2) is 5.97. The maximum absolute atomic E-state index is 11.7. The van der Waals surface area contributed by atoms with E-state index in [1.807, 2.05) is 0 Å². The van der Waals surface area contributed by atoms with Crippen LogP contribution in [0, 0.1) is 0 Å². The zero-order valence-corrected chi connectivity index (χ0v) is 12.8. The van der Waals surface area contributed by atoms with Gasteiger partial charge in [0.15, 0.2) is 11.3 Å². The van der Waals surface area contributed by atoms with Crippen LogP contribution in [0.5, 0.6) is 0 Å². The van der Waals surface area contributed by atoms with Crippen molar-refractivity contribution in [2.75, 3.05) is 12.4 Å². The van der Waals surface area contributed by atoms with E-state index in [1.165, 1.54) is 7.11 Å². The molecule has 2 heterocycles. The topological polar surface area (TPSA) is 90.4 Å². The van der Waals surface area contributed by atoms with Gasteiger partial charge in [-0.1, -0.05) is 0 Å². The van der Waals surface area contributed by atoms with Crippen LogP contribution in [-0.4, -0.2) is 34.7 Å². The van der Waals surface area contributed by atoms with Gasteiger partial charge >= 0.3 is 12.1 Å². The van der Waals surface area contributed by atoms with Gasteiger partial charge in [-0.2, -0.15) is 0 Å². The highest BCUT2D eigenvalue weighted by molar-refractivity contribution is 5.91. The summed E-state index contributed by atoms with van der Waals surface area (Å²) in [5.41, 5.74) is -0.120. The fourth-order valence-corrected chi connectivity index (χ4v) is 1.69. The average Bonchev–Trinajstić information content (AvgIpc) is 2.43. The molecule has 0 aliphatic rings. The number of aromatic nitrogens is 2. The molecule has 0 spiro atoms. The summed E-state index contributed by atoms with van der Waals surface area (Å²) in [6.07, 6.45) is -0.608. The van der Waals surface area contributed by atoms with Gasteiger partial charge in [0, 0.05) is 5.39 Å². The van der Waals surface area contributed by atoms with Gasteiger partial charge in [0.1, 0.15) is 11.4 Å². The van der Waals surface area contributed by atoms with Gasteiger partial charge in [0.2, 0.25) is 0 Å². The summed E-state index contributed by atoms with van der Waals surface area (Å²) in [6, 6.07) is 6.63. The number of fused-ring (bicyclic) bond motifs is 1. The summed E-state index contributed by atoms with van der Waals surface area (Å²) >= 11 is 0. The number of nitrogens with zero attached hydrogens (tertiary/aromatic N) is 2. The Labute approximate surface area is 127 Å². The minimum atomic E-state index is -0.608. The van der Waals surface area contributed by atoms with E-state index in [9.17, 15) is 9.59 Å². The Kier molecular flexibility index (Phi) is 4.25. The normalized spacial score (nSPS) is 11.1. The Hall–Kier alpha value is -2.70. The third-order valence-electron chi connectivity index (χ3n) is 2.58. The first-order chi connectivity index (χ1) is 10.3. The summed E-state index contributed by atoms with van der Waals surface area (Å²) in [7, 11) is 1.28. The van der Waals surface area contributed by atoms with Crippen molar-refractivity contribution in [3.05, 3.63) is 30.0 Å². The van der Waals surface area contributed by atoms with Crippen LogP contribution in [0.4, 0.5) is 10.6 Å². The highest BCUT2D eigenvalue weighted by Crippen LogP contribution is 2.15. The lowest BCUT2D eigenvalue weighted by Gasteiger charge is -2.19.